The van der Waals surface area contributed by atoms with Crippen LogP contribution in [-0.2, 0) is 12.3 Å². The van der Waals surface area contributed by atoms with Gasteiger partial charge >= 0.3 is 12.3 Å². The minimum absolute atomic E-state index is 0.0643. The summed E-state index contributed by atoms with van der Waals surface area (Å²) in [4.78, 5) is 0. The van der Waals surface area contributed by atoms with Crippen molar-refractivity contribution < 1.29 is 22.0 Å². The molecule has 0 aliphatic rings. The van der Waals surface area contributed by atoms with Crippen molar-refractivity contribution in [1.82, 2.24) is 15.5 Å². The Hall–Kier alpha value is -1.18. The third-order valence-electron chi connectivity index (χ3n) is 1.84. The number of aromatic nitrogens is 2. The quantitative estimate of drug-likeness (QED) is 0.606. The maximum absolute atomic E-state index is 12.7. The van der Waals surface area contributed by atoms with Gasteiger partial charge in [-0.3, -0.25) is 0 Å². The minimum Gasteiger partial charge on any atom is -0.419 e. The van der Waals surface area contributed by atoms with Gasteiger partial charge in [0, 0.05) is 6.42 Å². The van der Waals surface area contributed by atoms with Crippen LogP contribution in [0.5, 0.6) is 0 Å². The topological polar surface area (TPSA) is 51.0 Å². The Kier molecular flexibility index (Phi) is 4.22. The number of aryl methyl sites for hydroxylation is 1. The van der Waals surface area contributed by atoms with E-state index in [0.29, 0.717) is 13.0 Å². The Morgan fingerprint density at radius 3 is 2.62 bits per heavy atom. The van der Waals surface area contributed by atoms with Crippen LogP contribution in [0.4, 0.5) is 17.6 Å². The molecule has 0 aliphatic heterocycles. The second-order valence-corrected chi connectivity index (χ2v) is 3.13. The molecule has 4 nitrogen and oxygen atoms in total. The Balaban J connectivity index is 2.64. The van der Waals surface area contributed by atoms with Gasteiger partial charge in [0.1, 0.15) is 0 Å². The molecular formula is C8H11F4N3O. The van der Waals surface area contributed by atoms with E-state index in [1.165, 1.54) is 0 Å². The largest absolute Gasteiger partial charge is 0.419 e. The first kappa shape index (κ1) is 12.9. The van der Waals surface area contributed by atoms with Crippen molar-refractivity contribution in [3.05, 3.63) is 11.8 Å². The van der Waals surface area contributed by atoms with Crippen molar-refractivity contribution >= 4 is 0 Å². The van der Waals surface area contributed by atoms with E-state index in [-0.39, 0.29) is 12.3 Å². The summed E-state index contributed by atoms with van der Waals surface area (Å²) in [5.74, 6) is -5.78. The summed E-state index contributed by atoms with van der Waals surface area (Å²) < 4.78 is 53.8. The highest BCUT2D eigenvalue weighted by Crippen LogP contribution is 2.33. The molecule has 0 spiro atoms. The number of hydrogen-bond donors (Lipinski definition) is 1. The van der Waals surface area contributed by atoms with Crippen molar-refractivity contribution in [2.24, 2.45) is 0 Å². The Morgan fingerprint density at radius 1 is 1.38 bits per heavy atom. The molecule has 0 fully saturated rings. The molecule has 0 amide bonds. The van der Waals surface area contributed by atoms with E-state index in [0.717, 1.165) is 0 Å². The van der Waals surface area contributed by atoms with Crippen LogP contribution in [0.1, 0.15) is 18.2 Å². The number of halogens is 4. The van der Waals surface area contributed by atoms with Gasteiger partial charge in [-0.25, -0.2) is 8.78 Å². The van der Waals surface area contributed by atoms with Gasteiger partial charge < -0.3 is 9.73 Å². The Bertz CT molecular complexity index is 329. The summed E-state index contributed by atoms with van der Waals surface area (Å²) in [6.45, 7) is 0.642. The summed E-state index contributed by atoms with van der Waals surface area (Å²) in [5.41, 5.74) is 0. The minimum atomic E-state index is -4.38. The Labute approximate surface area is 89.0 Å². The second kappa shape index (κ2) is 5.24. The first-order valence-electron chi connectivity index (χ1n) is 4.62. The Morgan fingerprint density at radius 2 is 2.06 bits per heavy atom. The van der Waals surface area contributed by atoms with Crippen LogP contribution in [0.2, 0.25) is 0 Å². The number of nitrogens with one attached hydrogen (secondary N) is 1. The second-order valence-electron chi connectivity index (χ2n) is 3.13. The summed E-state index contributed by atoms with van der Waals surface area (Å²) in [5, 5.41) is 9.03. The first-order chi connectivity index (χ1) is 7.48. The molecule has 1 N–H and O–H groups in total. The standard InChI is InChI=1S/C8H11F4N3O/c1-13-4-2-3-5-14-15-7(16-5)8(11,12)6(9)10/h6,13H,2-4H2,1H3. The van der Waals surface area contributed by atoms with E-state index in [9.17, 15) is 17.6 Å². The van der Waals surface area contributed by atoms with Gasteiger partial charge in [0.2, 0.25) is 5.89 Å². The molecule has 1 rings (SSSR count). The molecule has 0 saturated heterocycles. The molecule has 0 unspecified atom stereocenters. The number of hydrogen-bond acceptors (Lipinski definition) is 4. The van der Waals surface area contributed by atoms with E-state index in [2.05, 4.69) is 19.9 Å². The fourth-order valence-electron chi connectivity index (χ4n) is 0.999. The van der Waals surface area contributed by atoms with Crippen LogP contribution in [-0.4, -0.2) is 30.2 Å². The fourth-order valence-corrected chi connectivity index (χ4v) is 0.999. The van der Waals surface area contributed by atoms with E-state index in [1.54, 1.807) is 7.05 Å². The van der Waals surface area contributed by atoms with Gasteiger partial charge in [-0.15, -0.1) is 10.2 Å². The molecule has 0 saturated carbocycles. The van der Waals surface area contributed by atoms with Crippen molar-refractivity contribution in [1.29, 1.82) is 0 Å². The zero-order valence-electron chi connectivity index (χ0n) is 8.51. The van der Waals surface area contributed by atoms with E-state index >= 15 is 0 Å². The third-order valence-corrected chi connectivity index (χ3v) is 1.84. The normalized spacial score (nSPS) is 12.4. The van der Waals surface area contributed by atoms with Crippen molar-refractivity contribution in [2.75, 3.05) is 13.6 Å². The molecule has 0 bridgehead atoms. The SMILES string of the molecule is CNCCCc1nnc(C(F)(F)C(F)F)o1. The number of alkyl halides is 4. The van der Waals surface area contributed by atoms with Crippen molar-refractivity contribution in [3.8, 4) is 0 Å². The molecule has 0 atom stereocenters. The van der Waals surface area contributed by atoms with Crippen LogP contribution < -0.4 is 5.32 Å². The van der Waals surface area contributed by atoms with Crippen molar-refractivity contribution in [2.45, 2.75) is 25.2 Å². The zero-order valence-corrected chi connectivity index (χ0v) is 8.51. The van der Waals surface area contributed by atoms with Gasteiger partial charge in [-0.05, 0) is 20.0 Å². The summed E-state index contributed by atoms with van der Waals surface area (Å²) in [6.07, 6.45) is -2.98. The summed E-state index contributed by atoms with van der Waals surface area (Å²) >= 11 is 0. The van der Waals surface area contributed by atoms with Gasteiger partial charge in [0.05, 0.1) is 0 Å². The molecule has 0 aliphatic carbocycles. The lowest BCUT2D eigenvalue weighted by atomic mass is 10.3. The first-order valence-corrected chi connectivity index (χ1v) is 4.62. The lowest BCUT2D eigenvalue weighted by Crippen LogP contribution is -2.23. The van der Waals surface area contributed by atoms with Crippen LogP contribution in [0.15, 0.2) is 4.42 Å². The number of nitrogens with zero attached hydrogens (tertiary/aromatic N) is 2. The molecule has 1 heterocycles. The van der Waals surface area contributed by atoms with E-state index in [1.807, 2.05) is 0 Å². The maximum atomic E-state index is 12.7. The number of rotatable bonds is 6. The van der Waals surface area contributed by atoms with Crippen LogP contribution in [0.3, 0.4) is 0 Å². The fraction of sp³-hybridized carbons (Fsp3) is 0.750. The molecule has 1 aromatic heterocycles. The maximum Gasteiger partial charge on any atom is 0.382 e. The van der Waals surface area contributed by atoms with Gasteiger partial charge in [0.25, 0.3) is 5.89 Å². The monoisotopic (exact) mass is 241 g/mol. The summed E-state index contributed by atoms with van der Waals surface area (Å²) in [6, 6.07) is 0. The molecule has 8 heteroatoms. The molecule has 16 heavy (non-hydrogen) atoms. The molecule has 1 aromatic rings. The highest BCUT2D eigenvalue weighted by atomic mass is 19.3. The lowest BCUT2D eigenvalue weighted by molar-refractivity contribution is -0.151. The highest BCUT2D eigenvalue weighted by molar-refractivity contribution is 4.93. The van der Waals surface area contributed by atoms with Crippen LogP contribution in [0, 0.1) is 0 Å². The molecule has 0 aromatic carbocycles. The molecule has 0 radical (unpaired) electrons. The van der Waals surface area contributed by atoms with Crippen molar-refractivity contribution in [3.63, 3.8) is 0 Å². The lowest BCUT2D eigenvalue weighted by Gasteiger charge is -2.09. The zero-order chi connectivity index (χ0) is 12.2. The predicted molar refractivity (Wildman–Crippen MR) is 46.4 cm³/mol. The van der Waals surface area contributed by atoms with Crippen LogP contribution >= 0.6 is 0 Å². The predicted octanol–water partition coefficient (Wildman–Crippen LogP) is 1.58. The van der Waals surface area contributed by atoms with Gasteiger partial charge in [0.15, 0.2) is 0 Å². The van der Waals surface area contributed by atoms with E-state index in [4.69, 9.17) is 0 Å². The average Bonchev–Trinajstić information content (AvgIpc) is 2.67. The van der Waals surface area contributed by atoms with Gasteiger partial charge in [-0.2, -0.15) is 8.78 Å². The molecular weight excluding hydrogens is 230 g/mol. The molecule has 92 valence electrons. The van der Waals surface area contributed by atoms with E-state index < -0.39 is 18.2 Å². The highest BCUT2D eigenvalue weighted by Gasteiger charge is 2.48. The smallest absolute Gasteiger partial charge is 0.382 e. The van der Waals surface area contributed by atoms with Gasteiger partial charge in [-0.1, -0.05) is 0 Å². The van der Waals surface area contributed by atoms with Crippen LogP contribution in [0.25, 0.3) is 0 Å². The third kappa shape index (κ3) is 2.91. The summed E-state index contributed by atoms with van der Waals surface area (Å²) in [7, 11) is 1.73. The average molecular weight is 241 g/mol.